The second-order valence-electron chi connectivity index (χ2n) is 10.7. The van der Waals surface area contributed by atoms with Crippen molar-refractivity contribution in [3.05, 3.63) is 82.8 Å². The summed E-state index contributed by atoms with van der Waals surface area (Å²) in [7, 11) is -4.21. The van der Waals surface area contributed by atoms with Gasteiger partial charge in [-0.2, -0.15) is 0 Å². The predicted octanol–water partition coefficient (Wildman–Crippen LogP) is 6.10. The average Bonchev–Trinajstić information content (AvgIpc) is 2.94. The van der Waals surface area contributed by atoms with Crippen LogP contribution in [0.5, 0.6) is 5.75 Å². The van der Waals surface area contributed by atoms with E-state index in [-0.39, 0.29) is 23.0 Å². The lowest BCUT2D eigenvalue weighted by Gasteiger charge is -2.33. The molecule has 2 amide bonds. The fraction of sp³-hybridized carbons (Fsp3) is 0.355. The number of carbonyl (C=O) groups is 2. The van der Waals surface area contributed by atoms with Crippen LogP contribution < -0.4 is 14.4 Å². The molecule has 1 atom stereocenters. The Kier molecular flexibility index (Phi) is 11.5. The van der Waals surface area contributed by atoms with Crippen molar-refractivity contribution in [2.24, 2.45) is 0 Å². The van der Waals surface area contributed by atoms with E-state index < -0.39 is 34.1 Å². The molecule has 0 fully saturated rings. The van der Waals surface area contributed by atoms with Crippen LogP contribution in [-0.4, -0.2) is 56.1 Å². The molecule has 0 aliphatic carbocycles. The lowest BCUT2D eigenvalue weighted by atomic mass is 10.1. The van der Waals surface area contributed by atoms with E-state index in [0.29, 0.717) is 12.4 Å². The number of hydrogen-bond acceptors (Lipinski definition) is 6. The number of carbonyl (C=O) groups excluding carboxylic acids is 2. The zero-order chi connectivity index (χ0) is 31.1. The number of thioether (sulfide) groups is 1. The number of ether oxygens (including phenoxy) is 1. The number of rotatable bonds is 12. The summed E-state index contributed by atoms with van der Waals surface area (Å²) >= 11 is 4.96. The quantitative estimate of drug-likeness (QED) is 0.233. The van der Waals surface area contributed by atoms with E-state index in [9.17, 15) is 18.0 Å². The molecule has 42 heavy (non-hydrogen) atoms. The Balaban J connectivity index is 2.10. The van der Waals surface area contributed by atoms with E-state index in [2.05, 4.69) is 21.2 Å². The highest BCUT2D eigenvalue weighted by molar-refractivity contribution is 9.10. The Hall–Kier alpha value is -3.02. The van der Waals surface area contributed by atoms with Gasteiger partial charge in [-0.1, -0.05) is 40.2 Å². The van der Waals surface area contributed by atoms with Gasteiger partial charge in [0.05, 0.1) is 17.2 Å². The topological polar surface area (TPSA) is 96.0 Å². The number of halogens is 1. The highest BCUT2D eigenvalue weighted by Gasteiger charge is 2.34. The van der Waals surface area contributed by atoms with Crippen LogP contribution in [0.25, 0.3) is 0 Å². The number of benzene rings is 3. The summed E-state index contributed by atoms with van der Waals surface area (Å²) in [5, 5.41) is 2.93. The second-order valence-corrected chi connectivity index (χ2v) is 14.3. The molecule has 0 aromatic heterocycles. The lowest BCUT2D eigenvalue weighted by molar-refractivity contribution is -0.140. The van der Waals surface area contributed by atoms with Crippen LogP contribution in [0.1, 0.15) is 40.2 Å². The molecule has 0 spiro atoms. The summed E-state index contributed by atoms with van der Waals surface area (Å²) in [5.41, 5.74) is 0.491. The SMILES string of the molecule is CCOc1ccccc1N(CC(=O)N(Cc1cccc(Br)c1)C(C)C(=O)NC(C)(C)C)S(=O)(=O)c1ccc(SC)cc1. The van der Waals surface area contributed by atoms with Gasteiger partial charge >= 0.3 is 0 Å². The van der Waals surface area contributed by atoms with Gasteiger partial charge < -0.3 is 15.0 Å². The molecule has 0 saturated carbocycles. The van der Waals surface area contributed by atoms with Crippen molar-refractivity contribution in [2.45, 2.75) is 62.5 Å². The van der Waals surface area contributed by atoms with Crippen LogP contribution in [0.4, 0.5) is 5.69 Å². The number of anilines is 1. The van der Waals surface area contributed by atoms with Gasteiger partial charge in [-0.3, -0.25) is 13.9 Å². The third-order valence-electron chi connectivity index (χ3n) is 6.27. The fourth-order valence-corrected chi connectivity index (χ4v) is 6.50. The molecule has 0 saturated heterocycles. The Morgan fingerprint density at radius 1 is 1.02 bits per heavy atom. The summed E-state index contributed by atoms with van der Waals surface area (Å²) in [4.78, 5) is 29.8. The van der Waals surface area contributed by atoms with Crippen LogP contribution in [-0.2, 0) is 26.2 Å². The maximum atomic E-state index is 14.2. The molecule has 226 valence electrons. The first-order chi connectivity index (χ1) is 19.8. The van der Waals surface area contributed by atoms with Crippen LogP contribution >= 0.6 is 27.7 Å². The number of para-hydroxylation sites is 2. The number of amides is 2. The number of nitrogens with one attached hydrogen (secondary N) is 1. The molecule has 0 bridgehead atoms. The number of sulfonamides is 1. The zero-order valence-electron chi connectivity index (χ0n) is 24.8. The van der Waals surface area contributed by atoms with Crippen molar-refractivity contribution >= 4 is 55.2 Å². The van der Waals surface area contributed by atoms with Gasteiger partial charge in [0, 0.05) is 21.5 Å². The molecule has 0 radical (unpaired) electrons. The minimum absolute atomic E-state index is 0.0384. The van der Waals surface area contributed by atoms with Gasteiger partial charge in [-0.05, 0) is 95.0 Å². The van der Waals surface area contributed by atoms with Crippen molar-refractivity contribution in [3.63, 3.8) is 0 Å². The first-order valence-corrected chi connectivity index (χ1v) is 17.0. The molecule has 1 unspecified atom stereocenters. The lowest BCUT2D eigenvalue weighted by Crippen LogP contribution is -2.54. The van der Waals surface area contributed by atoms with E-state index in [1.807, 2.05) is 51.3 Å². The van der Waals surface area contributed by atoms with E-state index in [4.69, 9.17) is 4.74 Å². The molecule has 8 nitrogen and oxygen atoms in total. The summed E-state index contributed by atoms with van der Waals surface area (Å²) in [6.45, 7) is 8.89. The molecule has 3 rings (SSSR count). The minimum atomic E-state index is -4.21. The Morgan fingerprint density at radius 3 is 2.29 bits per heavy atom. The summed E-state index contributed by atoms with van der Waals surface area (Å²) in [6.07, 6.45) is 1.91. The molecular formula is C31H38BrN3O5S2. The van der Waals surface area contributed by atoms with Gasteiger partial charge in [0.15, 0.2) is 0 Å². The van der Waals surface area contributed by atoms with Crippen molar-refractivity contribution in [1.29, 1.82) is 0 Å². The molecule has 0 heterocycles. The maximum absolute atomic E-state index is 14.2. The van der Waals surface area contributed by atoms with Gasteiger partial charge in [-0.15, -0.1) is 11.8 Å². The first-order valence-electron chi connectivity index (χ1n) is 13.5. The molecular weight excluding hydrogens is 638 g/mol. The largest absolute Gasteiger partial charge is 0.492 e. The first kappa shape index (κ1) is 33.5. The Bertz CT molecular complexity index is 1490. The summed E-state index contributed by atoms with van der Waals surface area (Å²) < 4.78 is 36.0. The molecule has 3 aromatic carbocycles. The van der Waals surface area contributed by atoms with Gasteiger partial charge in [0.1, 0.15) is 18.3 Å². The fourth-order valence-electron chi connectivity index (χ4n) is 4.22. The summed E-state index contributed by atoms with van der Waals surface area (Å²) in [5.74, 6) is -0.557. The van der Waals surface area contributed by atoms with Gasteiger partial charge in [0.2, 0.25) is 11.8 Å². The van der Waals surface area contributed by atoms with E-state index in [0.717, 1.165) is 19.2 Å². The highest BCUT2D eigenvalue weighted by Crippen LogP contribution is 2.33. The van der Waals surface area contributed by atoms with Gasteiger partial charge in [0.25, 0.3) is 10.0 Å². The monoisotopic (exact) mass is 675 g/mol. The van der Waals surface area contributed by atoms with Crippen LogP contribution in [0.2, 0.25) is 0 Å². The predicted molar refractivity (Wildman–Crippen MR) is 172 cm³/mol. The number of hydrogen-bond donors (Lipinski definition) is 1. The molecule has 11 heteroatoms. The maximum Gasteiger partial charge on any atom is 0.264 e. The zero-order valence-corrected chi connectivity index (χ0v) is 28.0. The van der Waals surface area contributed by atoms with Gasteiger partial charge in [-0.25, -0.2) is 8.42 Å². The van der Waals surface area contributed by atoms with Crippen molar-refractivity contribution in [2.75, 3.05) is 23.7 Å². The smallest absolute Gasteiger partial charge is 0.264 e. The molecule has 1 N–H and O–H groups in total. The third-order valence-corrected chi connectivity index (χ3v) is 9.28. The van der Waals surface area contributed by atoms with Crippen LogP contribution in [0.3, 0.4) is 0 Å². The Labute approximate surface area is 262 Å². The van der Waals surface area contributed by atoms with E-state index in [1.165, 1.54) is 28.8 Å². The normalized spacial score (nSPS) is 12.4. The third kappa shape index (κ3) is 8.75. The summed E-state index contributed by atoms with van der Waals surface area (Å²) in [6, 6.07) is 19.8. The highest BCUT2D eigenvalue weighted by atomic mass is 79.9. The molecule has 0 aliphatic heterocycles. The van der Waals surface area contributed by atoms with Crippen LogP contribution in [0, 0.1) is 0 Å². The Morgan fingerprint density at radius 2 is 1.69 bits per heavy atom. The second kappa shape index (κ2) is 14.4. The van der Waals surface area contributed by atoms with Crippen molar-refractivity contribution in [1.82, 2.24) is 10.2 Å². The van der Waals surface area contributed by atoms with E-state index in [1.54, 1.807) is 50.2 Å². The standard InChI is InChI=1S/C31H38BrN3O5S2/c1-7-40-28-14-9-8-13-27(28)35(42(38,39)26-17-15-25(41-6)16-18-26)21-29(36)34(20-23-11-10-12-24(32)19-23)22(2)30(37)33-31(3,4)5/h8-19,22H,7,20-21H2,1-6H3,(H,33,37). The van der Waals surface area contributed by atoms with Crippen molar-refractivity contribution in [3.8, 4) is 5.75 Å². The van der Waals surface area contributed by atoms with Crippen LogP contribution in [0.15, 0.2) is 87.1 Å². The molecule has 0 aliphatic rings. The van der Waals surface area contributed by atoms with E-state index >= 15 is 0 Å². The molecule has 3 aromatic rings. The number of nitrogens with zero attached hydrogens (tertiary/aromatic N) is 2. The average molecular weight is 677 g/mol. The minimum Gasteiger partial charge on any atom is -0.492 e. The van der Waals surface area contributed by atoms with Crippen molar-refractivity contribution < 1.29 is 22.7 Å².